The zero-order valence-electron chi connectivity index (χ0n) is 43.4. The maximum atomic E-state index is 13.4. The highest BCUT2D eigenvalue weighted by Crippen LogP contribution is 2.49. The van der Waals surface area contributed by atoms with E-state index in [1.807, 2.05) is 58.0 Å². The quantitative estimate of drug-likeness (QED) is 0.0532. The summed E-state index contributed by atoms with van der Waals surface area (Å²) in [5.41, 5.74) is 1.10. The predicted molar refractivity (Wildman–Crippen MR) is 258 cm³/mol. The van der Waals surface area contributed by atoms with E-state index in [-0.39, 0.29) is 37.0 Å². The molecule has 2 fully saturated rings. The zero-order chi connectivity index (χ0) is 50.9. The Morgan fingerprint density at radius 1 is 0.632 bits per heavy atom. The molecule has 2 amide bonds. The number of carbonyl (C=O) groups excluding carboxylic acids is 4. The van der Waals surface area contributed by atoms with E-state index in [1.54, 1.807) is 74.0 Å². The van der Waals surface area contributed by atoms with Crippen molar-refractivity contribution in [2.45, 2.75) is 137 Å². The second kappa shape index (κ2) is 26.5. The predicted octanol–water partition coefficient (Wildman–Crippen LogP) is 9.91. The van der Waals surface area contributed by atoms with Gasteiger partial charge in [0, 0.05) is 46.2 Å². The summed E-state index contributed by atoms with van der Waals surface area (Å²) < 4.78 is 55.2. The fourth-order valence-corrected chi connectivity index (χ4v) is 8.44. The van der Waals surface area contributed by atoms with E-state index in [0.717, 1.165) is 29.5 Å². The average molecular weight is 957 g/mol. The van der Waals surface area contributed by atoms with Crippen molar-refractivity contribution in [2.24, 2.45) is 17.8 Å². The number of hydrogen-bond acceptors (Lipinski definition) is 14. The maximum Gasteiger partial charge on any atom is 0.411 e. The van der Waals surface area contributed by atoms with Gasteiger partial charge in [0.1, 0.15) is 23.3 Å². The van der Waals surface area contributed by atoms with Crippen LogP contribution >= 0.6 is 0 Å². The summed E-state index contributed by atoms with van der Waals surface area (Å²) in [4.78, 5) is 55.6. The van der Waals surface area contributed by atoms with Crippen molar-refractivity contribution in [2.75, 3.05) is 68.1 Å². The van der Waals surface area contributed by atoms with Crippen LogP contribution in [0.15, 0.2) is 48.6 Å². The van der Waals surface area contributed by atoms with Crippen molar-refractivity contribution in [1.82, 2.24) is 9.80 Å². The largest absolute Gasteiger partial charge is 0.493 e. The van der Waals surface area contributed by atoms with Gasteiger partial charge in [-0.2, -0.15) is 0 Å². The number of ether oxygens (including phenoxy) is 10. The van der Waals surface area contributed by atoms with Crippen LogP contribution in [0.5, 0.6) is 23.0 Å². The molecule has 382 valence electrons. The highest BCUT2D eigenvalue weighted by molar-refractivity contribution is 5.84. The van der Waals surface area contributed by atoms with E-state index in [4.69, 9.17) is 47.4 Å². The van der Waals surface area contributed by atoms with Crippen LogP contribution < -0.4 is 18.9 Å². The van der Waals surface area contributed by atoms with Crippen LogP contribution in [0.25, 0.3) is 0 Å². The Morgan fingerprint density at radius 3 is 1.41 bits per heavy atom. The number of nitrogens with zero attached hydrogens (tertiary/aromatic N) is 2. The minimum atomic E-state index is -0.783. The Bertz CT molecular complexity index is 1960. The highest BCUT2D eigenvalue weighted by Gasteiger charge is 2.52. The second-order valence-electron chi connectivity index (χ2n) is 19.2. The minimum absolute atomic E-state index is 0.0247. The Kier molecular flexibility index (Phi) is 22.3. The van der Waals surface area contributed by atoms with Crippen molar-refractivity contribution in [3.63, 3.8) is 0 Å². The van der Waals surface area contributed by atoms with E-state index in [9.17, 15) is 19.2 Å². The van der Waals surface area contributed by atoms with E-state index in [1.165, 1.54) is 4.90 Å². The molecule has 6 atom stereocenters. The average Bonchev–Trinajstić information content (AvgIpc) is 3.88. The number of amides is 2. The third-order valence-electron chi connectivity index (χ3n) is 11.4. The summed E-state index contributed by atoms with van der Waals surface area (Å²) in [6, 6.07) is 8.84. The van der Waals surface area contributed by atoms with E-state index in [2.05, 4.69) is 20.4 Å². The molecule has 2 heterocycles. The van der Waals surface area contributed by atoms with Gasteiger partial charge < -0.3 is 47.4 Å². The SMILES string of the molecule is C=C(C)[C@@H]1C[C@@H](C(=O)OCC)N(C(=O)OC(C)(C)C)[C@H]1c1ccc(OC)c(OCCCOC)c1.CCOC(=O)[C@@H]1C[C@@H](C(C)C)[C@H](c2ccc(OC)c(OCCCOC)c2)N1C(=O)OC(C)(C)C. The van der Waals surface area contributed by atoms with Crippen molar-refractivity contribution >= 4 is 24.1 Å². The summed E-state index contributed by atoms with van der Waals surface area (Å²) in [7, 11) is 6.46. The Balaban J connectivity index is 0.000000360. The molecule has 2 saturated heterocycles. The van der Waals surface area contributed by atoms with E-state index < -0.39 is 53.5 Å². The topological polar surface area (TPSA) is 167 Å². The molecular formula is C52H80N2O14. The molecule has 4 rings (SSSR count). The molecule has 16 heteroatoms. The second-order valence-corrected chi connectivity index (χ2v) is 19.2. The van der Waals surface area contributed by atoms with Crippen LogP contribution in [0, 0.1) is 17.8 Å². The first-order valence-corrected chi connectivity index (χ1v) is 23.7. The molecule has 2 aliphatic heterocycles. The van der Waals surface area contributed by atoms with Gasteiger partial charge in [0.05, 0.1) is 52.7 Å². The molecule has 0 spiro atoms. The number of likely N-dealkylation sites (tertiary alicyclic amines) is 2. The number of rotatable bonds is 20. The van der Waals surface area contributed by atoms with Crippen molar-refractivity contribution in [3.8, 4) is 23.0 Å². The summed E-state index contributed by atoms with van der Waals surface area (Å²) in [6.07, 6.45) is 1.24. The molecule has 68 heavy (non-hydrogen) atoms. The molecule has 0 N–H and O–H groups in total. The monoisotopic (exact) mass is 957 g/mol. The first kappa shape index (κ1) is 57.1. The van der Waals surface area contributed by atoms with Crippen molar-refractivity contribution in [3.05, 3.63) is 59.7 Å². The standard InChI is InChI=1S/C26H41NO7.C26H39NO7/c2*1-9-32-24(28)20-16-19(17(2)3)23(27(20)25(29)34-26(4,5)6)18-11-12-21(31-8)22(15-18)33-14-10-13-30-7/h11-12,15,17,19-20,23H,9-10,13-14,16H2,1-8H3;11-12,15,19-20,23H,2,9-10,13-14,16H2,1,3-8H3/t2*19-,20-,23-/m00/s1. The van der Waals surface area contributed by atoms with Crippen LogP contribution in [0.3, 0.4) is 0 Å². The van der Waals surface area contributed by atoms with Gasteiger partial charge in [-0.1, -0.05) is 38.1 Å². The lowest BCUT2D eigenvalue weighted by molar-refractivity contribution is -0.149. The van der Waals surface area contributed by atoms with Gasteiger partial charge in [-0.3, -0.25) is 9.80 Å². The fraction of sp³-hybridized carbons (Fsp3) is 0.654. The first-order valence-electron chi connectivity index (χ1n) is 23.7. The third-order valence-corrected chi connectivity index (χ3v) is 11.4. The summed E-state index contributed by atoms with van der Waals surface area (Å²) in [6.45, 7) is 27.2. The molecule has 2 aliphatic rings. The van der Waals surface area contributed by atoms with Crippen LogP contribution in [-0.4, -0.2) is 125 Å². The molecule has 2 aromatic rings. The minimum Gasteiger partial charge on any atom is -0.493 e. The molecule has 0 saturated carbocycles. The summed E-state index contributed by atoms with van der Waals surface area (Å²) in [5, 5.41) is 0. The maximum absolute atomic E-state index is 13.4. The summed E-state index contributed by atoms with van der Waals surface area (Å²) in [5.74, 6) is 1.53. The van der Waals surface area contributed by atoms with Crippen LogP contribution in [0.2, 0.25) is 0 Å². The zero-order valence-corrected chi connectivity index (χ0v) is 43.4. The van der Waals surface area contributed by atoms with E-state index in [0.29, 0.717) is 62.3 Å². The van der Waals surface area contributed by atoms with Gasteiger partial charge in [0.25, 0.3) is 0 Å². The number of methoxy groups -OCH3 is 4. The first-order chi connectivity index (χ1) is 32.1. The highest BCUT2D eigenvalue weighted by atomic mass is 16.6. The van der Waals surface area contributed by atoms with Gasteiger partial charge in [0.15, 0.2) is 23.0 Å². The molecule has 0 aliphatic carbocycles. The Morgan fingerprint density at radius 2 is 1.04 bits per heavy atom. The lowest BCUT2D eigenvalue weighted by atomic mass is 9.84. The molecule has 2 aromatic carbocycles. The molecule has 16 nitrogen and oxygen atoms in total. The smallest absolute Gasteiger partial charge is 0.411 e. The molecule has 0 radical (unpaired) electrons. The Labute approximate surface area is 405 Å². The summed E-state index contributed by atoms with van der Waals surface area (Å²) >= 11 is 0. The number of hydrogen-bond donors (Lipinski definition) is 0. The molecule has 0 aromatic heterocycles. The van der Waals surface area contributed by atoms with Gasteiger partial charge in [0.2, 0.25) is 0 Å². The lowest BCUT2D eigenvalue weighted by Gasteiger charge is -2.34. The normalized spacial score (nSPS) is 20.2. The van der Waals surface area contributed by atoms with Gasteiger partial charge in [-0.05, 0) is 122 Å². The fourth-order valence-electron chi connectivity index (χ4n) is 8.44. The molecular weight excluding hydrogens is 877 g/mol. The number of carbonyl (C=O) groups is 4. The van der Waals surface area contributed by atoms with Crippen LogP contribution in [0.1, 0.15) is 125 Å². The van der Waals surface area contributed by atoms with Crippen molar-refractivity contribution < 1.29 is 66.5 Å². The lowest BCUT2D eigenvalue weighted by Crippen LogP contribution is -2.45. The number of benzene rings is 2. The van der Waals surface area contributed by atoms with Gasteiger partial charge in [-0.15, -0.1) is 0 Å². The Hall–Kier alpha value is -5.22. The van der Waals surface area contributed by atoms with Gasteiger partial charge >= 0.3 is 24.1 Å². The third kappa shape index (κ3) is 15.9. The van der Waals surface area contributed by atoms with Crippen LogP contribution in [-0.2, 0) is 38.0 Å². The molecule has 0 unspecified atom stereocenters. The van der Waals surface area contributed by atoms with Crippen molar-refractivity contribution in [1.29, 1.82) is 0 Å². The van der Waals surface area contributed by atoms with Crippen LogP contribution in [0.4, 0.5) is 9.59 Å². The van der Waals surface area contributed by atoms with Gasteiger partial charge in [-0.25, -0.2) is 19.2 Å². The molecule has 0 bridgehead atoms. The number of esters is 2. The van der Waals surface area contributed by atoms with E-state index >= 15 is 0 Å².